The number of carbonyl (C=O) groups is 2. The zero-order chi connectivity index (χ0) is 66.9. The molecular weight excluding hydrogens is 1160 g/mol. The van der Waals surface area contributed by atoms with E-state index >= 15 is 0 Å². The van der Waals surface area contributed by atoms with Gasteiger partial charge in [0.15, 0.2) is 6.10 Å². The number of ether oxygens (including phenoxy) is 2. The van der Waals surface area contributed by atoms with E-state index in [-0.39, 0.29) is 32.0 Å². The van der Waals surface area contributed by atoms with Crippen molar-refractivity contribution in [3.63, 3.8) is 0 Å². The molecule has 0 radical (unpaired) electrons. The molecule has 0 aliphatic carbocycles. The molecule has 0 amide bonds. The second-order valence-electron chi connectivity index (χ2n) is 25.9. The van der Waals surface area contributed by atoms with Crippen LogP contribution < -0.4 is 0 Å². The van der Waals surface area contributed by atoms with Crippen LogP contribution in [0.3, 0.4) is 0 Å². The zero-order valence-electron chi connectivity index (χ0n) is 60.0. The van der Waals surface area contributed by atoms with Gasteiger partial charge in [-0.1, -0.05) is 320 Å². The number of esters is 2. The fourth-order valence-electron chi connectivity index (χ4n) is 10.1. The van der Waals surface area contributed by atoms with Crippen LogP contribution in [0.2, 0.25) is 0 Å². The maximum Gasteiger partial charge on any atom is 0.472 e. The molecule has 2 unspecified atom stereocenters. The van der Waals surface area contributed by atoms with Crippen LogP contribution in [0.25, 0.3) is 0 Å². The lowest BCUT2D eigenvalue weighted by Crippen LogP contribution is -2.37. The number of likely N-dealkylation sites (N-methyl/N-ethyl adjacent to an activating group) is 1. The van der Waals surface area contributed by atoms with Crippen molar-refractivity contribution in [3.8, 4) is 0 Å². The van der Waals surface area contributed by atoms with Gasteiger partial charge in [-0.3, -0.25) is 18.6 Å². The largest absolute Gasteiger partial charge is 0.472 e. The molecule has 10 heteroatoms. The lowest BCUT2D eigenvalue weighted by atomic mass is 10.0. The molecule has 0 aromatic carbocycles. The Balaban J connectivity index is 4.10. The third-order valence-electron chi connectivity index (χ3n) is 15.9. The van der Waals surface area contributed by atoms with Crippen molar-refractivity contribution in [2.45, 2.75) is 315 Å². The van der Waals surface area contributed by atoms with E-state index < -0.39 is 26.5 Å². The van der Waals surface area contributed by atoms with Gasteiger partial charge in [-0.25, -0.2) is 4.57 Å². The van der Waals surface area contributed by atoms with Crippen molar-refractivity contribution < 1.29 is 42.1 Å². The first kappa shape index (κ1) is 87.9. The molecule has 0 saturated heterocycles. The van der Waals surface area contributed by atoms with Crippen molar-refractivity contribution in [1.29, 1.82) is 0 Å². The zero-order valence-corrected chi connectivity index (χ0v) is 60.9. The number of unbranched alkanes of at least 4 members (excludes halogenated alkanes) is 30. The molecule has 9 nitrogen and oxygen atoms in total. The quantitative estimate of drug-likeness (QED) is 0.0211. The molecule has 92 heavy (non-hydrogen) atoms. The molecule has 0 saturated carbocycles. The molecule has 0 bridgehead atoms. The number of rotatable bonds is 68. The fourth-order valence-corrected chi connectivity index (χ4v) is 10.9. The summed E-state index contributed by atoms with van der Waals surface area (Å²) in [6, 6.07) is 0. The van der Waals surface area contributed by atoms with Gasteiger partial charge >= 0.3 is 19.8 Å². The molecular formula is C82H141NO8P+. The predicted molar refractivity (Wildman–Crippen MR) is 399 cm³/mol. The Labute approximate surface area is 567 Å². The molecule has 0 spiro atoms. The van der Waals surface area contributed by atoms with Gasteiger partial charge in [0.05, 0.1) is 27.7 Å². The van der Waals surface area contributed by atoms with E-state index in [9.17, 15) is 19.0 Å². The summed E-state index contributed by atoms with van der Waals surface area (Å²) in [7, 11) is 1.46. The topological polar surface area (TPSA) is 108 Å². The van der Waals surface area contributed by atoms with Gasteiger partial charge < -0.3 is 18.9 Å². The summed E-state index contributed by atoms with van der Waals surface area (Å²) >= 11 is 0. The highest BCUT2D eigenvalue weighted by molar-refractivity contribution is 7.47. The van der Waals surface area contributed by atoms with E-state index in [4.69, 9.17) is 18.5 Å². The van der Waals surface area contributed by atoms with Crippen LogP contribution >= 0.6 is 7.82 Å². The van der Waals surface area contributed by atoms with Crippen molar-refractivity contribution >= 4 is 19.8 Å². The monoisotopic (exact) mass is 1300 g/mol. The summed E-state index contributed by atoms with van der Waals surface area (Å²) in [5.41, 5.74) is 0. The Morgan fingerprint density at radius 2 is 0.620 bits per heavy atom. The van der Waals surface area contributed by atoms with Crippen LogP contribution in [0, 0.1) is 0 Å². The number of hydrogen-bond acceptors (Lipinski definition) is 7. The first-order chi connectivity index (χ1) is 45.0. The maximum absolute atomic E-state index is 12.9. The van der Waals surface area contributed by atoms with E-state index in [0.717, 1.165) is 128 Å². The van der Waals surface area contributed by atoms with Gasteiger partial charge in [0, 0.05) is 12.8 Å². The number of phosphoric acid groups is 1. The van der Waals surface area contributed by atoms with Gasteiger partial charge in [-0.2, -0.15) is 0 Å². The molecule has 526 valence electrons. The lowest BCUT2D eigenvalue weighted by molar-refractivity contribution is -0.870. The fraction of sp³-hybridized carbons (Fsp3) is 0.683. The van der Waals surface area contributed by atoms with E-state index in [2.05, 4.69) is 160 Å². The van der Waals surface area contributed by atoms with Crippen LogP contribution in [0.1, 0.15) is 309 Å². The lowest BCUT2D eigenvalue weighted by Gasteiger charge is -2.24. The Bertz CT molecular complexity index is 2070. The third-order valence-corrected chi connectivity index (χ3v) is 16.8. The molecule has 1 N–H and O–H groups in total. The summed E-state index contributed by atoms with van der Waals surface area (Å²) in [5, 5.41) is 0. The minimum Gasteiger partial charge on any atom is -0.462 e. The predicted octanol–water partition coefficient (Wildman–Crippen LogP) is 24.9. The van der Waals surface area contributed by atoms with Gasteiger partial charge in [0.1, 0.15) is 19.8 Å². The molecule has 0 aliphatic rings. The molecule has 0 aromatic heterocycles. The summed E-state index contributed by atoms with van der Waals surface area (Å²) in [4.78, 5) is 35.9. The number of hydrogen-bond donors (Lipinski definition) is 1. The number of carbonyl (C=O) groups excluding carboxylic acids is 2. The van der Waals surface area contributed by atoms with Crippen LogP contribution in [-0.2, 0) is 32.7 Å². The van der Waals surface area contributed by atoms with E-state index in [1.54, 1.807) is 0 Å². The Morgan fingerprint density at radius 1 is 0.348 bits per heavy atom. The maximum atomic E-state index is 12.9. The minimum absolute atomic E-state index is 0.0225. The number of allylic oxidation sites excluding steroid dienone is 24. The highest BCUT2D eigenvalue weighted by atomic mass is 31.2. The molecule has 0 rings (SSSR count). The van der Waals surface area contributed by atoms with Crippen molar-refractivity contribution in [2.24, 2.45) is 0 Å². The highest BCUT2D eigenvalue weighted by Crippen LogP contribution is 2.43. The molecule has 2 atom stereocenters. The standard InChI is InChI=1S/C82H140NO8P/c1-6-8-10-12-14-16-18-20-22-24-26-28-30-32-34-36-38-39-40-41-42-43-45-47-49-51-53-55-57-59-61-63-65-67-69-71-73-75-82(85)91-80(79-90-92(86,87)89-77-76-83(3,4)5)78-88-81(84)74-72-70-68-66-64-62-60-58-56-54-52-50-48-46-44-37-35-33-31-29-27-25-23-21-19-17-15-13-11-9-7-2/h8,10,14,16,19-22,25-28,32,34,38-39,41-42,45,47,51,53,57,59,80H,6-7,9,11-13,15,17-18,23-24,29-31,33,35-37,40,43-44,46,48-50,52,54-56,58,60-79H2,1-5H3/p+1/b10-8-,16-14-,21-19-,22-20-,27-25-,28-26-,34-32-,39-38-,42-41-,47-45-,53-51-,59-57-. The van der Waals surface area contributed by atoms with Gasteiger partial charge in [0.2, 0.25) is 0 Å². The molecule has 0 fully saturated rings. The van der Waals surface area contributed by atoms with Crippen LogP contribution in [-0.4, -0.2) is 74.9 Å². The van der Waals surface area contributed by atoms with E-state index in [1.807, 2.05) is 21.1 Å². The highest BCUT2D eigenvalue weighted by Gasteiger charge is 2.27. The normalized spacial score (nSPS) is 13.9. The molecule has 0 heterocycles. The van der Waals surface area contributed by atoms with Crippen LogP contribution in [0.4, 0.5) is 0 Å². The van der Waals surface area contributed by atoms with Crippen molar-refractivity contribution in [1.82, 2.24) is 0 Å². The SMILES string of the molecule is CC/C=C\C/C=C\C/C=C\C/C=C\C/C=C\C/C=C\C/C=C\C/C=C\C/C=C\C/C=C\CCCCCCCCC(=O)OC(COC(=O)CCCCCCCCCCCCCCCCCCCCC/C=C\C/C=C\CCCCCCC)COP(=O)(O)OCC[N+](C)(C)C. The van der Waals surface area contributed by atoms with Gasteiger partial charge in [0.25, 0.3) is 0 Å². The first-order valence-electron chi connectivity index (χ1n) is 37.6. The summed E-state index contributed by atoms with van der Waals surface area (Å²) < 4.78 is 34.7. The second-order valence-corrected chi connectivity index (χ2v) is 27.4. The summed E-state index contributed by atoms with van der Waals surface area (Å²) in [6.07, 6.45) is 105. The number of phosphoric ester groups is 1. The van der Waals surface area contributed by atoms with E-state index in [1.165, 1.54) is 148 Å². The second kappa shape index (κ2) is 71.2. The first-order valence-corrected chi connectivity index (χ1v) is 39.1. The Kier molecular flexibility index (Phi) is 68.0. The van der Waals surface area contributed by atoms with Gasteiger partial charge in [-0.15, -0.1) is 0 Å². The average molecular weight is 1300 g/mol. The third kappa shape index (κ3) is 74.9. The van der Waals surface area contributed by atoms with Crippen molar-refractivity contribution in [2.75, 3.05) is 47.5 Å². The van der Waals surface area contributed by atoms with Crippen LogP contribution in [0.15, 0.2) is 146 Å². The minimum atomic E-state index is -4.41. The molecule has 0 aromatic rings. The summed E-state index contributed by atoms with van der Waals surface area (Å²) in [5.74, 6) is -0.813. The number of quaternary nitrogens is 1. The van der Waals surface area contributed by atoms with Gasteiger partial charge in [-0.05, 0) is 122 Å². The van der Waals surface area contributed by atoms with Crippen molar-refractivity contribution in [3.05, 3.63) is 146 Å². The average Bonchev–Trinajstić information content (AvgIpc) is 2.34. The summed E-state index contributed by atoms with van der Waals surface area (Å²) in [6.45, 7) is 4.31. The smallest absolute Gasteiger partial charge is 0.462 e. The number of nitrogens with zero attached hydrogens (tertiary/aromatic N) is 1. The Hall–Kier alpha value is -4.11. The Morgan fingerprint density at radius 3 is 0.924 bits per heavy atom. The van der Waals surface area contributed by atoms with E-state index in [0.29, 0.717) is 17.4 Å². The van der Waals surface area contributed by atoms with Crippen LogP contribution in [0.5, 0.6) is 0 Å². The molecule has 0 aliphatic heterocycles.